The van der Waals surface area contributed by atoms with Gasteiger partial charge in [0.05, 0.1) is 6.42 Å². The normalized spacial score (nSPS) is 14.8. The number of aryl methyl sites for hydroxylation is 1. The summed E-state index contributed by atoms with van der Waals surface area (Å²) in [5, 5.41) is 16.0. The number of fused-ring (bicyclic) bond motifs is 1. The average Bonchev–Trinajstić information content (AvgIpc) is 3.30. The Morgan fingerprint density at radius 2 is 1.82 bits per heavy atom. The van der Waals surface area contributed by atoms with Gasteiger partial charge in [0.25, 0.3) is 5.91 Å². The van der Waals surface area contributed by atoms with Gasteiger partial charge in [0.15, 0.2) is 0 Å². The molecule has 2 aromatic heterocycles. The van der Waals surface area contributed by atoms with Crippen molar-refractivity contribution in [1.82, 2.24) is 14.7 Å². The van der Waals surface area contributed by atoms with E-state index in [0.29, 0.717) is 17.8 Å². The minimum absolute atomic E-state index is 0.0624. The van der Waals surface area contributed by atoms with E-state index in [1.165, 1.54) is 6.42 Å². The zero-order chi connectivity index (χ0) is 26.5. The molecule has 1 aliphatic carbocycles. The van der Waals surface area contributed by atoms with E-state index in [-0.39, 0.29) is 24.3 Å². The number of aromatic nitrogens is 2. The van der Waals surface area contributed by atoms with Crippen molar-refractivity contribution in [3.05, 3.63) is 89.6 Å². The molecule has 0 aliphatic heterocycles. The molecule has 0 spiro atoms. The molecule has 4 aromatic rings. The van der Waals surface area contributed by atoms with Crippen molar-refractivity contribution in [2.24, 2.45) is 5.92 Å². The smallest absolute Gasteiger partial charge is 0.305 e. The number of carbonyl (C=O) groups excluding carboxylic acids is 1. The van der Waals surface area contributed by atoms with E-state index < -0.39 is 5.97 Å². The molecule has 2 heterocycles. The number of aliphatic carboxylic acids is 1. The Labute approximate surface area is 222 Å². The van der Waals surface area contributed by atoms with E-state index in [1.54, 1.807) is 12.1 Å². The minimum Gasteiger partial charge on any atom is -0.481 e. The number of benzene rings is 2. The number of pyridine rings is 1. The highest BCUT2D eigenvalue weighted by Crippen LogP contribution is 2.31. The molecule has 2 aromatic carbocycles. The lowest BCUT2D eigenvalue weighted by molar-refractivity contribution is -0.137. The molecule has 1 aliphatic rings. The third kappa shape index (κ3) is 5.88. The molecule has 7 nitrogen and oxygen atoms in total. The van der Waals surface area contributed by atoms with Crippen LogP contribution in [0.15, 0.2) is 72.9 Å². The number of carboxylic acid groups (broad SMARTS) is 1. The first-order valence-electron chi connectivity index (χ1n) is 13.4. The molecular weight excluding hydrogens is 476 g/mol. The Hall–Kier alpha value is -4.13. The molecule has 1 fully saturated rings. The van der Waals surface area contributed by atoms with Crippen molar-refractivity contribution in [1.29, 1.82) is 0 Å². The molecule has 196 valence electrons. The lowest BCUT2D eigenvalue weighted by atomic mass is 9.82. The topological polar surface area (TPSA) is 95.7 Å². The summed E-state index contributed by atoms with van der Waals surface area (Å²) in [5.41, 5.74) is 5.22. The van der Waals surface area contributed by atoms with Gasteiger partial charge in [-0.15, -0.1) is 0 Å². The monoisotopic (exact) mass is 510 g/mol. The maximum atomic E-state index is 13.3. The average molecular weight is 511 g/mol. The fraction of sp³-hybridized carbons (Fsp3) is 0.323. The van der Waals surface area contributed by atoms with Gasteiger partial charge in [-0.1, -0.05) is 73.4 Å². The van der Waals surface area contributed by atoms with Crippen LogP contribution in [-0.2, 0) is 11.3 Å². The zero-order valence-electron chi connectivity index (χ0n) is 21.7. The standard InChI is InChI=1S/C31H34N4O3/c1-21-9-8-14-24(17-21)29-30(32-20-22-10-4-2-5-11-22)35-16-15-25(18-27(35)34-29)31(38)33-26(19-28(36)37)23-12-6-3-7-13-23/h2,4-5,8-11,14-18,23,26,32H,3,6-7,12-13,19-20H2,1H3,(H,33,38)(H,36,37). The SMILES string of the molecule is Cc1cccc(-c2nc3cc(C(=O)NC(CC(=O)O)C4CCCCC4)ccn3c2NCc2ccccc2)c1. The third-order valence-electron chi connectivity index (χ3n) is 7.41. The van der Waals surface area contributed by atoms with Crippen LogP contribution in [0.5, 0.6) is 0 Å². The predicted molar refractivity (Wildman–Crippen MR) is 149 cm³/mol. The van der Waals surface area contributed by atoms with Crippen LogP contribution in [0.25, 0.3) is 16.9 Å². The summed E-state index contributed by atoms with van der Waals surface area (Å²) in [5.74, 6) is -0.0993. The van der Waals surface area contributed by atoms with Gasteiger partial charge in [0.2, 0.25) is 0 Å². The van der Waals surface area contributed by atoms with Gasteiger partial charge in [-0.3, -0.25) is 14.0 Å². The summed E-state index contributed by atoms with van der Waals surface area (Å²) in [6.07, 6.45) is 7.03. The molecule has 1 unspecified atom stereocenters. The molecule has 0 saturated heterocycles. The van der Waals surface area contributed by atoms with Crippen molar-refractivity contribution in [3.8, 4) is 11.3 Å². The van der Waals surface area contributed by atoms with Crippen LogP contribution in [-0.4, -0.2) is 32.4 Å². The zero-order valence-corrected chi connectivity index (χ0v) is 21.7. The highest BCUT2D eigenvalue weighted by Gasteiger charge is 2.28. The van der Waals surface area contributed by atoms with Crippen LogP contribution in [0.1, 0.15) is 60.0 Å². The second kappa shape index (κ2) is 11.5. The maximum Gasteiger partial charge on any atom is 0.305 e. The summed E-state index contributed by atoms with van der Waals surface area (Å²) in [6.45, 7) is 2.69. The number of nitrogens with zero attached hydrogens (tertiary/aromatic N) is 2. The van der Waals surface area contributed by atoms with E-state index in [2.05, 4.69) is 41.8 Å². The van der Waals surface area contributed by atoms with Gasteiger partial charge < -0.3 is 15.7 Å². The summed E-state index contributed by atoms with van der Waals surface area (Å²) in [7, 11) is 0. The van der Waals surface area contributed by atoms with Crippen molar-refractivity contribution in [2.45, 2.75) is 58.0 Å². The summed E-state index contributed by atoms with van der Waals surface area (Å²) in [6, 6.07) is 21.6. The van der Waals surface area contributed by atoms with E-state index in [1.807, 2.05) is 40.9 Å². The first-order valence-corrected chi connectivity index (χ1v) is 13.4. The van der Waals surface area contributed by atoms with Crippen molar-refractivity contribution in [2.75, 3.05) is 5.32 Å². The summed E-state index contributed by atoms with van der Waals surface area (Å²) >= 11 is 0. The molecule has 0 bridgehead atoms. The quantitative estimate of drug-likeness (QED) is 0.254. The second-order valence-electron chi connectivity index (χ2n) is 10.2. The van der Waals surface area contributed by atoms with E-state index in [0.717, 1.165) is 53.9 Å². The number of hydrogen-bond donors (Lipinski definition) is 3. The molecule has 7 heteroatoms. The van der Waals surface area contributed by atoms with Crippen molar-refractivity contribution < 1.29 is 14.7 Å². The second-order valence-corrected chi connectivity index (χ2v) is 10.2. The Morgan fingerprint density at radius 3 is 2.55 bits per heavy atom. The molecule has 38 heavy (non-hydrogen) atoms. The van der Waals surface area contributed by atoms with Crippen LogP contribution >= 0.6 is 0 Å². The van der Waals surface area contributed by atoms with Crippen LogP contribution in [0.4, 0.5) is 5.82 Å². The highest BCUT2D eigenvalue weighted by atomic mass is 16.4. The van der Waals surface area contributed by atoms with Gasteiger partial charge >= 0.3 is 5.97 Å². The van der Waals surface area contributed by atoms with E-state index >= 15 is 0 Å². The number of imidazole rings is 1. The first kappa shape index (κ1) is 25.5. The number of rotatable bonds is 9. The fourth-order valence-corrected chi connectivity index (χ4v) is 5.44. The lowest BCUT2D eigenvalue weighted by Crippen LogP contribution is -2.42. The number of nitrogens with one attached hydrogen (secondary N) is 2. The van der Waals surface area contributed by atoms with Gasteiger partial charge in [0.1, 0.15) is 17.2 Å². The van der Waals surface area contributed by atoms with Crippen molar-refractivity contribution >= 4 is 23.3 Å². The van der Waals surface area contributed by atoms with Crippen LogP contribution in [0.2, 0.25) is 0 Å². The van der Waals surface area contributed by atoms with Gasteiger partial charge in [-0.2, -0.15) is 0 Å². The molecule has 3 N–H and O–H groups in total. The summed E-state index contributed by atoms with van der Waals surface area (Å²) in [4.78, 5) is 29.7. The summed E-state index contributed by atoms with van der Waals surface area (Å²) < 4.78 is 1.97. The van der Waals surface area contributed by atoms with E-state index in [4.69, 9.17) is 4.98 Å². The Balaban J connectivity index is 1.45. The third-order valence-corrected chi connectivity index (χ3v) is 7.41. The molecule has 1 atom stereocenters. The lowest BCUT2D eigenvalue weighted by Gasteiger charge is -2.30. The molecule has 1 saturated carbocycles. The Kier molecular flexibility index (Phi) is 7.73. The predicted octanol–water partition coefficient (Wildman–Crippen LogP) is 6.08. The minimum atomic E-state index is -0.887. The largest absolute Gasteiger partial charge is 0.481 e. The van der Waals surface area contributed by atoms with Crippen LogP contribution in [0, 0.1) is 12.8 Å². The Morgan fingerprint density at radius 1 is 1.03 bits per heavy atom. The first-order chi connectivity index (χ1) is 18.5. The van der Waals surface area contributed by atoms with Crippen LogP contribution < -0.4 is 10.6 Å². The van der Waals surface area contributed by atoms with Gasteiger partial charge in [-0.05, 0) is 49.4 Å². The van der Waals surface area contributed by atoms with Gasteiger partial charge in [0, 0.05) is 29.9 Å². The number of hydrogen-bond acceptors (Lipinski definition) is 4. The molecule has 1 amide bonds. The molecule has 0 radical (unpaired) electrons. The number of amides is 1. The maximum absolute atomic E-state index is 13.3. The van der Waals surface area contributed by atoms with Crippen molar-refractivity contribution in [3.63, 3.8) is 0 Å². The number of carboxylic acids is 1. The number of carbonyl (C=O) groups is 2. The Bertz CT molecular complexity index is 1420. The highest BCUT2D eigenvalue weighted by molar-refractivity contribution is 5.96. The van der Waals surface area contributed by atoms with Crippen LogP contribution in [0.3, 0.4) is 0 Å². The number of anilines is 1. The fourth-order valence-electron chi connectivity index (χ4n) is 5.44. The molecular formula is C31H34N4O3. The van der Waals surface area contributed by atoms with E-state index in [9.17, 15) is 14.7 Å². The molecule has 5 rings (SSSR count). The van der Waals surface area contributed by atoms with Gasteiger partial charge in [-0.25, -0.2) is 4.98 Å².